The molecule has 1 aliphatic heterocycles. The van der Waals surface area contributed by atoms with Gasteiger partial charge in [0.15, 0.2) is 0 Å². The van der Waals surface area contributed by atoms with E-state index in [4.69, 9.17) is 4.98 Å². The van der Waals surface area contributed by atoms with E-state index < -0.39 is 0 Å². The third-order valence-corrected chi connectivity index (χ3v) is 6.11. The van der Waals surface area contributed by atoms with Gasteiger partial charge in [-0.25, -0.2) is 4.98 Å². The number of nitrogens with zero attached hydrogens (tertiary/aromatic N) is 1. The smallest absolute Gasteiger partial charge is 0.148 e. The molecule has 20 heavy (non-hydrogen) atoms. The summed E-state index contributed by atoms with van der Waals surface area (Å²) in [5.41, 5.74) is 1.15. The SMILES string of the molecule is c1csc([C@H]2CCC[NH+]2Cc2nc3ccccc3s2)c1. The number of thiazole rings is 1. The highest BCUT2D eigenvalue weighted by Crippen LogP contribution is 2.25. The van der Waals surface area contributed by atoms with Crippen LogP contribution in [0.15, 0.2) is 41.8 Å². The van der Waals surface area contributed by atoms with Crippen molar-refractivity contribution in [1.29, 1.82) is 0 Å². The zero-order valence-electron chi connectivity index (χ0n) is 11.2. The summed E-state index contributed by atoms with van der Waals surface area (Å²) in [4.78, 5) is 8.02. The zero-order valence-corrected chi connectivity index (χ0v) is 12.8. The van der Waals surface area contributed by atoms with Crippen molar-refractivity contribution < 1.29 is 4.90 Å². The number of rotatable bonds is 3. The largest absolute Gasteiger partial charge is 0.322 e. The maximum atomic E-state index is 4.79. The van der Waals surface area contributed by atoms with E-state index in [0.29, 0.717) is 6.04 Å². The predicted octanol–water partition coefficient (Wildman–Crippen LogP) is 3.28. The van der Waals surface area contributed by atoms with Crippen molar-refractivity contribution in [2.24, 2.45) is 0 Å². The molecule has 1 aliphatic rings. The molecule has 0 radical (unpaired) electrons. The van der Waals surface area contributed by atoms with Crippen molar-refractivity contribution in [3.63, 3.8) is 0 Å². The van der Waals surface area contributed by atoms with Crippen LogP contribution in [0, 0.1) is 0 Å². The monoisotopic (exact) mass is 301 g/mol. The normalized spacial score (nSPS) is 22.6. The Kier molecular flexibility index (Phi) is 3.30. The van der Waals surface area contributed by atoms with Gasteiger partial charge in [0.05, 0.1) is 21.6 Å². The Balaban J connectivity index is 1.58. The van der Waals surface area contributed by atoms with Gasteiger partial charge in [0.2, 0.25) is 0 Å². The number of nitrogens with one attached hydrogen (secondary N) is 1. The number of aromatic nitrogens is 1. The minimum absolute atomic E-state index is 0.682. The third kappa shape index (κ3) is 2.28. The van der Waals surface area contributed by atoms with E-state index in [1.165, 1.54) is 29.1 Å². The second-order valence-corrected chi connectivity index (χ2v) is 7.47. The Morgan fingerprint density at radius 1 is 1.20 bits per heavy atom. The lowest BCUT2D eigenvalue weighted by atomic mass is 10.2. The first kappa shape index (κ1) is 12.5. The first-order valence-corrected chi connectivity index (χ1v) is 8.82. The fourth-order valence-electron chi connectivity index (χ4n) is 3.15. The Labute approximate surface area is 126 Å². The molecule has 102 valence electrons. The lowest BCUT2D eigenvalue weighted by Crippen LogP contribution is -3.08. The van der Waals surface area contributed by atoms with Crippen LogP contribution in [0.1, 0.15) is 28.8 Å². The molecule has 0 spiro atoms. The van der Waals surface area contributed by atoms with E-state index in [-0.39, 0.29) is 0 Å². The van der Waals surface area contributed by atoms with Crippen molar-refractivity contribution in [2.45, 2.75) is 25.4 Å². The van der Waals surface area contributed by atoms with Gasteiger partial charge in [-0.05, 0) is 23.6 Å². The molecular weight excluding hydrogens is 284 g/mol. The fourth-order valence-corrected chi connectivity index (χ4v) is 5.09. The van der Waals surface area contributed by atoms with E-state index in [1.807, 2.05) is 22.7 Å². The summed E-state index contributed by atoms with van der Waals surface area (Å²) in [5, 5.41) is 3.48. The summed E-state index contributed by atoms with van der Waals surface area (Å²) < 4.78 is 1.31. The molecule has 3 heterocycles. The molecule has 1 aromatic carbocycles. The van der Waals surface area contributed by atoms with Crippen molar-refractivity contribution >= 4 is 32.9 Å². The van der Waals surface area contributed by atoms with Gasteiger partial charge >= 0.3 is 0 Å². The number of hydrogen-bond donors (Lipinski definition) is 1. The molecule has 2 atom stereocenters. The van der Waals surface area contributed by atoms with Gasteiger partial charge in [0, 0.05) is 12.8 Å². The Bertz CT molecular complexity index is 669. The van der Waals surface area contributed by atoms with Gasteiger partial charge < -0.3 is 4.90 Å². The van der Waals surface area contributed by atoms with Gasteiger partial charge in [-0.1, -0.05) is 18.2 Å². The van der Waals surface area contributed by atoms with Crippen LogP contribution in [0.5, 0.6) is 0 Å². The average molecular weight is 301 g/mol. The van der Waals surface area contributed by atoms with Gasteiger partial charge in [0.1, 0.15) is 17.6 Å². The van der Waals surface area contributed by atoms with Crippen LogP contribution in [0.2, 0.25) is 0 Å². The third-order valence-electron chi connectivity index (χ3n) is 4.09. The van der Waals surface area contributed by atoms with Crippen LogP contribution >= 0.6 is 22.7 Å². The second-order valence-electron chi connectivity index (χ2n) is 5.37. The molecule has 1 saturated heterocycles. The highest BCUT2D eigenvalue weighted by Gasteiger charge is 2.31. The van der Waals surface area contributed by atoms with Crippen LogP contribution in [0.4, 0.5) is 0 Å². The highest BCUT2D eigenvalue weighted by atomic mass is 32.1. The number of fused-ring (bicyclic) bond motifs is 1. The lowest BCUT2D eigenvalue weighted by Gasteiger charge is -2.19. The van der Waals surface area contributed by atoms with Gasteiger partial charge in [-0.2, -0.15) is 0 Å². The van der Waals surface area contributed by atoms with E-state index in [2.05, 4.69) is 41.8 Å². The quantitative estimate of drug-likeness (QED) is 0.786. The van der Waals surface area contributed by atoms with Gasteiger partial charge in [0.25, 0.3) is 0 Å². The zero-order chi connectivity index (χ0) is 13.4. The molecule has 2 nitrogen and oxygen atoms in total. The maximum absolute atomic E-state index is 4.79. The molecule has 4 rings (SSSR count). The first-order chi connectivity index (χ1) is 9.90. The van der Waals surface area contributed by atoms with E-state index >= 15 is 0 Å². The molecule has 1 unspecified atom stereocenters. The van der Waals surface area contributed by atoms with E-state index in [0.717, 1.165) is 12.1 Å². The average Bonchev–Trinajstić information content (AvgIpc) is 3.18. The van der Waals surface area contributed by atoms with Gasteiger partial charge in [-0.3, -0.25) is 0 Å². The summed E-state index contributed by atoms with van der Waals surface area (Å²) in [6.45, 7) is 2.35. The number of thiophene rings is 1. The molecule has 0 bridgehead atoms. The van der Waals surface area contributed by atoms with E-state index in [1.54, 1.807) is 9.78 Å². The first-order valence-electron chi connectivity index (χ1n) is 7.12. The molecule has 0 saturated carbocycles. The molecular formula is C16H17N2S2+. The Morgan fingerprint density at radius 3 is 3.00 bits per heavy atom. The van der Waals surface area contributed by atoms with Crippen LogP contribution in [-0.2, 0) is 6.54 Å². The highest BCUT2D eigenvalue weighted by molar-refractivity contribution is 7.18. The minimum Gasteiger partial charge on any atom is -0.322 e. The molecule has 1 fully saturated rings. The van der Waals surface area contributed by atoms with Crippen molar-refractivity contribution in [2.75, 3.05) is 6.54 Å². The molecule has 0 aliphatic carbocycles. The van der Waals surface area contributed by atoms with Crippen molar-refractivity contribution in [1.82, 2.24) is 4.98 Å². The summed E-state index contributed by atoms with van der Waals surface area (Å²) in [6, 6.07) is 13.6. The number of quaternary nitrogens is 1. The molecule has 4 heteroatoms. The number of hydrogen-bond acceptors (Lipinski definition) is 3. The van der Waals surface area contributed by atoms with Gasteiger partial charge in [-0.15, -0.1) is 22.7 Å². The lowest BCUT2D eigenvalue weighted by molar-refractivity contribution is -0.931. The molecule has 0 amide bonds. The minimum atomic E-state index is 0.682. The number of likely N-dealkylation sites (tertiary alicyclic amines) is 1. The maximum Gasteiger partial charge on any atom is 0.148 e. The Morgan fingerprint density at radius 2 is 2.15 bits per heavy atom. The van der Waals surface area contributed by atoms with Crippen molar-refractivity contribution in [3.05, 3.63) is 51.7 Å². The fraction of sp³-hybridized carbons (Fsp3) is 0.312. The summed E-state index contributed by atoms with van der Waals surface area (Å²) in [7, 11) is 0. The number of benzene rings is 1. The predicted molar refractivity (Wildman–Crippen MR) is 85.4 cm³/mol. The van der Waals surface area contributed by atoms with Crippen LogP contribution < -0.4 is 4.90 Å². The molecule has 3 aromatic rings. The Hall–Kier alpha value is -1.23. The van der Waals surface area contributed by atoms with E-state index in [9.17, 15) is 0 Å². The van der Waals surface area contributed by atoms with Crippen LogP contribution in [0.3, 0.4) is 0 Å². The molecule has 2 aromatic heterocycles. The van der Waals surface area contributed by atoms with Crippen LogP contribution in [0.25, 0.3) is 10.2 Å². The summed E-state index contributed by atoms with van der Waals surface area (Å²) >= 11 is 3.76. The molecule has 1 N–H and O–H groups in total. The second kappa shape index (κ2) is 5.28. The number of para-hydroxylation sites is 1. The van der Waals surface area contributed by atoms with Crippen LogP contribution in [-0.4, -0.2) is 11.5 Å². The topological polar surface area (TPSA) is 17.3 Å². The summed E-state index contributed by atoms with van der Waals surface area (Å²) in [6.07, 6.45) is 2.66. The summed E-state index contributed by atoms with van der Waals surface area (Å²) in [5.74, 6) is 0. The standard InChI is InChI=1S/C16H16N2S2/c1-2-7-14-12(5-1)17-16(20-14)11-18-9-3-6-13(18)15-8-4-10-19-15/h1-2,4-5,7-8,10,13H,3,6,9,11H2/p+1/t13-/m1/s1. The van der Waals surface area contributed by atoms with Crippen molar-refractivity contribution in [3.8, 4) is 0 Å².